The van der Waals surface area contributed by atoms with Crippen molar-refractivity contribution < 1.29 is 5.11 Å². The van der Waals surface area contributed by atoms with E-state index in [2.05, 4.69) is 9.97 Å². The van der Waals surface area contributed by atoms with Gasteiger partial charge in [0, 0.05) is 10.9 Å². The summed E-state index contributed by atoms with van der Waals surface area (Å²) in [5.41, 5.74) is 8.37. The van der Waals surface area contributed by atoms with Crippen LogP contribution in [-0.4, -0.2) is 15.1 Å². The summed E-state index contributed by atoms with van der Waals surface area (Å²) in [4.78, 5) is 8.85. The van der Waals surface area contributed by atoms with E-state index < -0.39 is 0 Å². The summed E-state index contributed by atoms with van der Waals surface area (Å²) in [6.45, 7) is -0.0493. The quantitative estimate of drug-likeness (QED) is 0.733. The lowest BCUT2D eigenvalue weighted by molar-refractivity contribution is 0.282. The molecule has 0 unspecified atom stereocenters. The number of nitrogens with zero attached hydrogens (tertiary/aromatic N) is 2. The maximum Gasteiger partial charge on any atom is 0.162 e. The summed E-state index contributed by atoms with van der Waals surface area (Å²) >= 11 is 0. The molecule has 3 rings (SSSR count). The lowest BCUT2D eigenvalue weighted by atomic mass is 10.1. The van der Waals surface area contributed by atoms with Gasteiger partial charge < -0.3 is 10.8 Å². The highest BCUT2D eigenvalue weighted by molar-refractivity contribution is 5.89. The van der Waals surface area contributed by atoms with Gasteiger partial charge in [0.2, 0.25) is 0 Å². The average molecular weight is 251 g/mol. The van der Waals surface area contributed by atoms with Crippen LogP contribution in [0.2, 0.25) is 0 Å². The highest BCUT2D eigenvalue weighted by atomic mass is 16.3. The van der Waals surface area contributed by atoms with Crippen LogP contribution in [0.25, 0.3) is 22.3 Å². The van der Waals surface area contributed by atoms with Crippen molar-refractivity contribution in [2.75, 3.05) is 5.73 Å². The number of hydrogen-bond acceptors (Lipinski definition) is 4. The SMILES string of the molecule is Nc1nc(-c2ccccc2CO)nc2ccccc12. The topological polar surface area (TPSA) is 72.0 Å². The molecule has 3 aromatic rings. The summed E-state index contributed by atoms with van der Waals surface area (Å²) in [5.74, 6) is 0.995. The normalized spacial score (nSPS) is 10.8. The van der Waals surface area contributed by atoms with E-state index in [0.717, 1.165) is 22.0 Å². The number of hydrogen-bond donors (Lipinski definition) is 2. The van der Waals surface area contributed by atoms with Crippen LogP contribution in [0.4, 0.5) is 5.82 Å². The van der Waals surface area contributed by atoms with Crippen molar-refractivity contribution >= 4 is 16.7 Å². The van der Waals surface area contributed by atoms with E-state index in [4.69, 9.17) is 5.73 Å². The molecule has 0 aliphatic heterocycles. The first-order valence-corrected chi connectivity index (χ1v) is 6.01. The third kappa shape index (κ3) is 2.02. The number of para-hydroxylation sites is 1. The zero-order valence-corrected chi connectivity index (χ0v) is 10.2. The first-order valence-electron chi connectivity index (χ1n) is 6.01. The Kier molecular flexibility index (Phi) is 2.85. The van der Waals surface area contributed by atoms with Crippen molar-refractivity contribution in [1.29, 1.82) is 0 Å². The van der Waals surface area contributed by atoms with Crippen molar-refractivity contribution in [3.05, 3.63) is 54.1 Å². The molecule has 0 atom stereocenters. The third-order valence-electron chi connectivity index (χ3n) is 3.06. The summed E-state index contributed by atoms with van der Waals surface area (Å²) in [5, 5.41) is 10.2. The standard InChI is InChI=1S/C15H13N3O/c16-14-12-7-3-4-8-13(12)17-15(18-14)11-6-2-1-5-10(11)9-19/h1-8,19H,9H2,(H2,16,17,18). The van der Waals surface area contributed by atoms with Crippen molar-refractivity contribution in [1.82, 2.24) is 9.97 Å². The Morgan fingerprint density at radius 2 is 1.68 bits per heavy atom. The maximum absolute atomic E-state index is 9.38. The molecule has 0 aliphatic rings. The molecule has 0 saturated carbocycles. The van der Waals surface area contributed by atoms with E-state index >= 15 is 0 Å². The number of aromatic nitrogens is 2. The monoisotopic (exact) mass is 251 g/mol. The summed E-state index contributed by atoms with van der Waals surface area (Å²) in [6, 6.07) is 15.1. The molecule has 1 aromatic heterocycles. The van der Waals surface area contributed by atoms with Crippen LogP contribution in [0.5, 0.6) is 0 Å². The minimum Gasteiger partial charge on any atom is -0.392 e. The van der Waals surface area contributed by atoms with Crippen molar-refractivity contribution in [3.63, 3.8) is 0 Å². The van der Waals surface area contributed by atoms with Gasteiger partial charge >= 0.3 is 0 Å². The zero-order chi connectivity index (χ0) is 13.2. The van der Waals surface area contributed by atoms with Gasteiger partial charge in [-0.3, -0.25) is 0 Å². The van der Waals surface area contributed by atoms with Crippen LogP contribution in [0, 0.1) is 0 Å². The molecule has 1 heterocycles. The smallest absolute Gasteiger partial charge is 0.162 e. The number of nitrogens with two attached hydrogens (primary N) is 1. The molecule has 2 aromatic carbocycles. The number of aliphatic hydroxyl groups is 1. The van der Waals surface area contributed by atoms with Crippen LogP contribution in [0.3, 0.4) is 0 Å². The van der Waals surface area contributed by atoms with Crippen molar-refractivity contribution in [2.45, 2.75) is 6.61 Å². The predicted octanol–water partition coefficient (Wildman–Crippen LogP) is 2.37. The van der Waals surface area contributed by atoms with Crippen LogP contribution in [0.1, 0.15) is 5.56 Å². The molecule has 0 radical (unpaired) electrons. The minimum atomic E-state index is -0.0493. The first kappa shape index (κ1) is 11.6. The van der Waals surface area contributed by atoms with Gasteiger partial charge in [0.1, 0.15) is 5.82 Å². The molecule has 4 nitrogen and oxygen atoms in total. The Hall–Kier alpha value is -2.46. The van der Waals surface area contributed by atoms with Gasteiger partial charge in [0.05, 0.1) is 12.1 Å². The number of anilines is 1. The van der Waals surface area contributed by atoms with Crippen LogP contribution in [-0.2, 0) is 6.61 Å². The zero-order valence-electron chi connectivity index (χ0n) is 10.2. The summed E-state index contributed by atoms with van der Waals surface area (Å²) < 4.78 is 0. The van der Waals surface area contributed by atoms with Gasteiger partial charge in [0.25, 0.3) is 0 Å². The number of aliphatic hydroxyl groups excluding tert-OH is 1. The lowest BCUT2D eigenvalue weighted by Crippen LogP contribution is -1.99. The van der Waals surface area contributed by atoms with Gasteiger partial charge in [-0.05, 0) is 17.7 Å². The second-order valence-corrected chi connectivity index (χ2v) is 4.26. The molecule has 4 heteroatoms. The van der Waals surface area contributed by atoms with Crippen LogP contribution in [0.15, 0.2) is 48.5 Å². The Balaban J connectivity index is 2.26. The molecule has 0 spiro atoms. The van der Waals surface area contributed by atoms with E-state index in [1.165, 1.54) is 0 Å². The van der Waals surface area contributed by atoms with Gasteiger partial charge in [-0.1, -0.05) is 36.4 Å². The number of nitrogen functional groups attached to an aromatic ring is 1. The van der Waals surface area contributed by atoms with Gasteiger partial charge in [-0.15, -0.1) is 0 Å². The summed E-state index contributed by atoms with van der Waals surface area (Å²) in [6.07, 6.45) is 0. The minimum absolute atomic E-state index is 0.0493. The fourth-order valence-electron chi connectivity index (χ4n) is 2.10. The predicted molar refractivity (Wildman–Crippen MR) is 75.3 cm³/mol. The lowest BCUT2D eigenvalue weighted by Gasteiger charge is -2.08. The van der Waals surface area contributed by atoms with E-state index in [-0.39, 0.29) is 6.61 Å². The van der Waals surface area contributed by atoms with E-state index in [0.29, 0.717) is 11.6 Å². The fraction of sp³-hybridized carbons (Fsp3) is 0.0667. The molecule has 0 bridgehead atoms. The van der Waals surface area contributed by atoms with Gasteiger partial charge in [0.15, 0.2) is 5.82 Å². The largest absolute Gasteiger partial charge is 0.392 e. The van der Waals surface area contributed by atoms with Crippen molar-refractivity contribution in [3.8, 4) is 11.4 Å². The first-order chi connectivity index (χ1) is 9.29. The van der Waals surface area contributed by atoms with Gasteiger partial charge in [-0.2, -0.15) is 0 Å². The van der Waals surface area contributed by atoms with E-state index in [1.807, 2.05) is 48.5 Å². The second kappa shape index (κ2) is 4.66. The number of rotatable bonds is 2. The Morgan fingerprint density at radius 3 is 2.53 bits per heavy atom. The molecule has 0 amide bonds. The summed E-state index contributed by atoms with van der Waals surface area (Å²) in [7, 11) is 0. The van der Waals surface area contributed by atoms with E-state index in [9.17, 15) is 5.11 Å². The Bertz CT molecular complexity index is 740. The molecule has 0 aliphatic carbocycles. The molecule has 94 valence electrons. The maximum atomic E-state index is 9.38. The second-order valence-electron chi connectivity index (χ2n) is 4.26. The average Bonchev–Trinajstić information content (AvgIpc) is 2.47. The molecule has 0 saturated heterocycles. The molecular weight excluding hydrogens is 238 g/mol. The number of benzene rings is 2. The third-order valence-corrected chi connectivity index (χ3v) is 3.06. The van der Waals surface area contributed by atoms with Crippen LogP contribution >= 0.6 is 0 Å². The van der Waals surface area contributed by atoms with Gasteiger partial charge in [-0.25, -0.2) is 9.97 Å². The molecular formula is C15H13N3O. The highest BCUT2D eigenvalue weighted by Gasteiger charge is 2.09. The van der Waals surface area contributed by atoms with E-state index in [1.54, 1.807) is 0 Å². The molecule has 0 fully saturated rings. The van der Waals surface area contributed by atoms with Crippen molar-refractivity contribution in [2.24, 2.45) is 0 Å². The Morgan fingerprint density at radius 1 is 0.947 bits per heavy atom. The molecule has 19 heavy (non-hydrogen) atoms. The highest BCUT2D eigenvalue weighted by Crippen LogP contribution is 2.25. The number of fused-ring (bicyclic) bond motifs is 1. The fourth-order valence-corrected chi connectivity index (χ4v) is 2.10. The molecule has 3 N–H and O–H groups in total. The Labute approximate surface area is 110 Å². The van der Waals surface area contributed by atoms with Crippen LogP contribution < -0.4 is 5.73 Å².